The molecule has 1 heterocycles. The molecule has 0 bridgehead atoms. The van der Waals surface area contributed by atoms with Crippen LogP contribution in [-0.2, 0) is 0 Å². The SMILES string of the molecule is Cc1csc(Oc2ccc(N)cc2C#N)n1. The maximum atomic E-state index is 8.92. The van der Waals surface area contributed by atoms with Gasteiger partial charge in [0.25, 0.3) is 5.19 Å². The van der Waals surface area contributed by atoms with Gasteiger partial charge >= 0.3 is 0 Å². The lowest BCUT2D eigenvalue weighted by atomic mass is 10.2. The van der Waals surface area contributed by atoms with E-state index in [0.717, 1.165) is 5.69 Å². The smallest absolute Gasteiger partial charge is 0.278 e. The Bertz CT molecular complexity index is 557. The van der Waals surface area contributed by atoms with Crippen molar-refractivity contribution in [2.75, 3.05) is 5.73 Å². The summed E-state index contributed by atoms with van der Waals surface area (Å²) in [5, 5.41) is 11.3. The fraction of sp³-hybridized carbons (Fsp3) is 0.0909. The Labute approximate surface area is 96.9 Å². The van der Waals surface area contributed by atoms with E-state index in [1.54, 1.807) is 18.2 Å². The van der Waals surface area contributed by atoms with Crippen molar-refractivity contribution in [2.24, 2.45) is 0 Å². The van der Waals surface area contributed by atoms with Gasteiger partial charge in [0.1, 0.15) is 11.8 Å². The zero-order chi connectivity index (χ0) is 11.5. The predicted molar refractivity (Wildman–Crippen MR) is 62.5 cm³/mol. The summed E-state index contributed by atoms with van der Waals surface area (Å²) in [6, 6.07) is 6.98. The monoisotopic (exact) mass is 231 g/mol. The third-order valence-corrected chi connectivity index (χ3v) is 2.75. The van der Waals surface area contributed by atoms with Crippen molar-refractivity contribution in [1.29, 1.82) is 5.26 Å². The minimum atomic E-state index is 0.410. The summed E-state index contributed by atoms with van der Waals surface area (Å²) in [6.45, 7) is 1.89. The topological polar surface area (TPSA) is 71.9 Å². The van der Waals surface area contributed by atoms with Crippen LogP contribution in [0.15, 0.2) is 23.6 Å². The van der Waals surface area contributed by atoms with E-state index in [0.29, 0.717) is 22.2 Å². The number of hydrogen-bond acceptors (Lipinski definition) is 5. The summed E-state index contributed by atoms with van der Waals surface area (Å²) < 4.78 is 5.51. The number of nitrogens with zero attached hydrogens (tertiary/aromatic N) is 2. The van der Waals surface area contributed by atoms with Crippen LogP contribution in [0.5, 0.6) is 10.9 Å². The fourth-order valence-electron chi connectivity index (χ4n) is 1.20. The molecule has 0 spiro atoms. The molecule has 1 aromatic carbocycles. The second kappa shape index (κ2) is 4.21. The standard InChI is InChI=1S/C11H9N3OS/c1-7-6-16-11(14-7)15-10-3-2-9(13)4-8(10)5-12/h2-4,6H,13H2,1H3. The average Bonchev–Trinajstić information content (AvgIpc) is 2.67. The highest BCUT2D eigenvalue weighted by atomic mass is 32.1. The number of aryl methyl sites for hydroxylation is 1. The molecule has 5 heteroatoms. The van der Waals surface area contributed by atoms with Gasteiger partial charge in [0.05, 0.1) is 11.3 Å². The molecule has 0 aliphatic rings. The minimum absolute atomic E-state index is 0.410. The lowest BCUT2D eigenvalue weighted by Gasteiger charge is -2.04. The summed E-state index contributed by atoms with van der Waals surface area (Å²) in [5.74, 6) is 0.478. The van der Waals surface area contributed by atoms with Crippen molar-refractivity contribution in [1.82, 2.24) is 4.98 Å². The second-order valence-corrected chi connectivity index (χ2v) is 4.04. The predicted octanol–water partition coefficient (Wildman–Crippen LogP) is 2.70. The second-order valence-electron chi connectivity index (χ2n) is 3.22. The molecule has 16 heavy (non-hydrogen) atoms. The number of nitrogens with two attached hydrogens (primary N) is 1. The first-order valence-electron chi connectivity index (χ1n) is 4.58. The van der Waals surface area contributed by atoms with E-state index in [9.17, 15) is 0 Å². The van der Waals surface area contributed by atoms with E-state index in [2.05, 4.69) is 4.98 Å². The van der Waals surface area contributed by atoms with Crippen molar-refractivity contribution in [3.8, 4) is 17.0 Å². The Morgan fingerprint density at radius 1 is 1.50 bits per heavy atom. The molecular formula is C11H9N3OS. The zero-order valence-corrected chi connectivity index (χ0v) is 9.41. The summed E-state index contributed by atoms with van der Waals surface area (Å²) in [7, 11) is 0. The van der Waals surface area contributed by atoms with Gasteiger partial charge in [-0.05, 0) is 25.1 Å². The Hall–Kier alpha value is -2.06. The molecule has 2 rings (SSSR count). The number of ether oxygens (including phenoxy) is 1. The fourth-order valence-corrected chi connectivity index (χ4v) is 1.86. The molecule has 1 aromatic heterocycles. The van der Waals surface area contributed by atoms with Crippen LogP contribution < -0.4 is 10.5 Å². The van der Waals surface area contributed by atoms with Crippen LogP contribution in [0.2, 0.25) is 0 Å². The summed E-state index contributed by atoms with van der Waals surface area (Å²) in [6.07, 6.45) is 0. The third kappa shape index (κ3) is 2.12. The van der Waals surface area contributed by atoms with E-state index in [1.165, 1.54) is 11.3 Å². The van der Waals surface area contributed by atoms with Gasteiger partial charge in [-0.1, -0.05) is 11.3 Å². The van der Waals surface area contributed by atoms with E-state index in [4.69, 9.17) is 15.7 Å². The quantitative estimate of drug-likeness (QED) is 0.806. The molecule has 0 saturated carbocycles. The van der Waals surface area contributed by atoms with Crippen molar-refractivity contribution in [3.63, 3.8) is 0 Å². The van der Waals surface area contributed by atoms with Crippen LogP contribution in [0.4, 0.5) is 5.69 Å². The maximum absolute atomic E-state index is 8.92. The molecule has 0 radical (unpaired) electrons. The van der Waals surface area contributed by atoms with Crippen LogP contribution in [0, 0.1) is 18.3 Å². The van der Waals surface area contributed by atoms with Crippen LogP contribution in [0.1, 0.15) is 11.3 Å². The van der Waals surface area contributed by atoms with Crippen LogP contribution in [0.25, 0.3) is 0 Å². The number of anilines is 1. The normalized spacial score (nSPS) is 9.75. The van der Waals surface area contributed by atoms with Gasteiger partial charge in [0.2, 0.25) is 0 Å². The zero-order valence-electron chi connectivity index (χ0n) is 8.60. The summed E-state index contributed by atoms with van der Waals surface area (Å²) >= 11 is 1.39. The summed E-state index contributed by atoms with van der Waals surface area (Å²) in [5.41, 5.74) is 7.43. The van der Waals surface area contributed by atoms with E-state index >= 15 is 0 Å². The first-order valence-corrected chi connectivity index (χ1v) is 5.46. The molecule has 80 valence electrons. The first-order chi connectivity index (χ1) is 7.69. The molecule has 2 aromatic rings. The molecule has 0 amide bonds. The van der Waals surface area contributed by atoms with Crippen molar-refractivity contribution >= 4 is 17.0 Å². The van der Waals surface area contributed by atoms with Gasteiger partial charge in [-0.25, -0.2) is 4.98 Å². The van der Waals surface area contributed by atoms with E-state index < -0.39 is 0 Å². The number of rotatable bonds is 2. The van der Waals surface area contributed by atoms with Crippen molar-refractivity contribution in [2.45, 2.75) is 6.92 Å². The summed E-state index contributed by atoms with van der Waals surface area (Å²) in [4.78, 5) is 4.16. The molecule has 0 fully saturated rings. The lowest BCUT2D eigenvalue weighted by Crippen LogP contribution is -1.91. The highest BCUT2D eigenvalue weighted by molar-refractivity contribution is 7.11. The molecule has 0 saturated heterocycles. The third-order valence-electron chi connectivity index (χ3n) is 1.92. The number of nitrogen functional groups attached to an aromatic ring is 1. The number of hydrogen-bond donors (Lipinski definition) is 1. The Kier molecular flexibility index (Phi) is 2.75. The van der Waals surface area contributed by atoms with Crippen LogP contribution in [-0.4, -0.2) is 4.98 Å². The Balaban J connectivity index is 2.31. The molecule has 0 aliphatic carbocycles. The van der Waals surface area contributed by atoms with Crippen LogP contribution >= 0.6 is 11.3 Å². The number of aromatic nitrogens is 1. The van der Waals surface area contributed by atoms with Gasteiger partial charge in [-0.15, -0.1) is 0 Å². The molecule has 4 nitrogen and oxygen atoms in total. The molecule has 2 N–H and O–H groups in total. The Morgan fingerprint density at radius 3 is 2.94 bits per heavy atom. The van der Waals surface area contributed by atoms with E-state index in [1.807, 2.05) is 18.4 Å². The molecule has 0 unspecified atom stereocenters. The van der Waals surface area contributed by atoms with Gasteiger partial charge in [-0.3, -0.25) is 0 Å². The van der Waals surface area contributed by atoms with Crippen molar-refractivity contribution < 1.29 is 4.74 Å². The molecule has 0 aliphatic heterocycles. The number of benzene rings is 1. The largest absolute Gasteiger partial charge is 0.429 e. The van der Waals surface area contributed by atoms with Gasteiger partial charge in [0, 0.05) is 11.1 Å². The van der Waals surface area contributed by atoms with Crippen molar-refractivity contribution in [3.05, 3.63) is 34.8 Å². The maximum Gasteiger partial charge on any atom is 0.278 e. The number of thiazole rings is 1. The molecule has 0 atom stereocenters. The minimum Gasteiger partial charge on any atom is -0.429 e. The highest BCUT2D eigenvalue weighted by Gasteiger charge is 2.07. The van der Waals surface area contributed by atoms with Crippen LogP contribution in [0.3, 0.4) is 0 Å². The Morgan fingerprint density at radius 2 is 2.31 bits per heavy atom. The average molecular weight is 231 g/mol. The van der Waals surface area contributed by atoms with Gasteiger partial charge < -0.3 is 10.5 Å². The molecular weight excluding hydrogens is 222 g/mol. The van der Waals surface area contributed by atoms with E-state index in [-0.39, 0.29) is 0 Å². The van der Waals surface area contributed by atoms with Gasteiger partial charge in [-0.2, -0.15) is 5.26 Å². The number of nitriles is 1. The van der Waals surface area contributed by atoms with Gasteiger partial charge in [0.15, 0.2) is 0 Å². The first kappa shape index (κ1) is 10.5. The lowest BCUT2D eigenvalue weighted by molar-refractivity contribution is 0.476. The highest BCUT2D eigenvalue weighted by Crippen LogP contribution is 2.28.